The van der Waals surface area contributed by atoms with Gasteiger partial charge in [-0.25, -0.2) is 0 Å². The van der Waals surface area contributed by atoms with Crippen LogP contribution >= 0.6 is 15.9 Å². The smallest absolute Gasteiger partial charge is 0.228 e. The van der Waals surface area contributed by atoms with E-state index in [2.05, 4.69) is 21.2 Å². The first-order valence-corrected chi connectivity index (χ1v) is 6.65. The number of methoxy groups -OCH3 is 1. The lowest BCUT2D eigenvalue weighted by Gasteiger charge is -2.06. The fourth-order valence-electron chi connectivity index (χ4n) is 1.71. The molecular formula is C15H14BrNO2. The summed E-state index contributed by atoms with van der Waals surface area (Å²) in [5, 5.41) is 2.85. The number of carbonyl (C=O) groups is 1. The number of nitrogens with one attached hydrogen (secondary N) is 1. The Bertz CT molecular complexity index is 567. The second-order valence-electron chi connectivity index (χ2n) is 4.08. The van der Waals surface area contributed by atoms with E-state index in [0.29, 0.717) is 6.42 Å². The van der Waals surface area contributed by atoms with Crippen molar-refractivity contribution in [2.45, 2.75) is 6.42 Å². The van der Waals surface area contributed by atoms with Crippen LogP contribution in [0.15, 0.2) is 53.0 Å². The largest absolute Gasteiger partial charge is 0.497 e. The van der Waals surface area contributed by atoms with E-state index in [4.69, 9.17) is 4.74 Å². The molecule has 0 aliphatic heterocycles. The average Bonchev–Trinajstić information content (AvgIpc) is 2.39. The number of benzene rings is 2. The summed E-state index contributed by atoms with van der Waals surface area (Å²) in [5.41, 5.74) is 1.74. The fourth-order valence-corrected chi connectivity index (χ4v) is 2.16. The van der Waals surface area contributed by atoms with Crippen molar-refractivity contribution >= 4 is 27.5 Å². The van der Waals surface area contributed by atoms with Crippen molar-refractivity contribution in [2.75, 3.05) is 12.4 Å². The third kappa shape index (κ3) is 4.10. The molecule has 0 spiro atoms. The Hall–Kier alpha value is -1.81. The highest BCUT2D eigenvalue weighted by Crippen LogP contribution is 2.16. The molecule has 0 saturated carbocycles. The van der Waals surface area contributed by atoms with Crippen LogP contribution < -0.4 is 10.1 Å². The van der Waals surface area contributed by atoms with Crippen LogP contribution in [0.5, 0.6) is 5.75 Å². The van der Waals surface area contributed by atoms with Crippen LogP contribution in [0.1, 0.15) is 5.56 Å². The SMILES string of the molecule is COc1ccc(NC(=O)Cc2cccc(Br)c2)cc1. The number of ether oxygens (including phenoxy) is 1. The molecule has 0 saturated heterocycles. The topological polar surface area (TPSA) is 38.3 Å². The first kappa shape index (κ1) is 13.6. The van der Waals surface area contributed by atoms with Crippen LogP contribution in [0.2, 0.25) is 0 Å². The minimum Gasteiger partial charge on any atom is -0.497 e. The molecule has 0 aromatic heterocycles. The summed E-state index contributed by atoms with van der Waals surface area (Å²) >= 11 is 3.39. The maximum Gasteiger partial charge on any atom is 0.228 e. The summed E-state index contributed by atoms with van der Waals surface area (Å²) in [6, 6.07) is 15.0. The van der Waals surface area contributed by atoms with Gasteiger partial charge in [0.05, 0.1) is 13.5 Å². The van der Waals surface area contributed by atoms with Crippen molar-refractivity contribution in [3.05, 3.63) is 58.6 Å². The number of carbonyl (C=O) groups excluding carboxylic acids is 1. The second kappa shape index (κ2) is 6.38. The normalized spacial score (nSPS) is 10.0. The highest BCUT2D eigenvalue weighted by molar-refractivity contribution is 9.10. The van der Waals surface area contributed by atoms with Gasteiger partial charge < -0.3 is 10.1 Å². The molecule has 1 amide bonds. The molecule has 2 aromatic carbocycles. The number of anilines is 1. The van der Waals surface area contributed by atoms with Gasteiger partial charge in [-0.3, -0.25) is 4.79 Å². The Kier molecular flexibility index (Phi) is 4.58. The molecule has 1 N–H and O–H groups in total. The molecule has 0 bridgehead atoms. The highest BCUT2D eigenvalue weighted by atomic mass is 79.9. The van der Waals surface area contributed by atoms with Gasteiger partial charge in [0.15, 0.2) is 0 Å². The molecule has 3 nitrogen and oxygen atoms in total. The Balaban J connectivity index is 1.97. The van der Waals surface area contributed by atoms with Crippen molar-refractivity contribution in [3.8, 4) is 5.75 Å². The highest BCUT2D eigenvalue weighted by Gasteiger charge is 2.04. The lowest BCUT2D eigenvalue weighted by atomic mass is 10.1. The van der Waals surface area contributed by atoms with Gasteiger partial charge in [-0.15, -0.1) is 0 Å². The van der Waals surface area contributed by atoms with Crippen LogP contribution in [0.4, 0.5) is 5.69 Å². The average molecular weight is 320 g/mol. The lowest BCUT2D eigenvalue weighted by molar-refractivity contribution is -0.115. The minimum absolute atomic E-state index is 0.0386. The van der Waals surface area contributed by atoms with Gasteiger partial charge in [-0.2, -0.15) is 0 Å². The van der Waals surface area contributed by atoms with Crippen LogP contribution in [-0.4, -0.2) is 13.0 Å². The van der Waals surface area contributed by atoms with Crippen LogP contribution in [-0.2, 0) is 11.2 Å². The van der Waals surface area contributed by atoms with E-state index in [1.807, 2.05) is 48.5 Å². The molecular weight excluding hydrogens is 306 g/mol. The molecule has 2 rings (SSSR count). The van der Waals surface area contributed by atoms with E-state index in [-0.39, 0.29) is 5.91 Å². The van der Waals surface area contributed by atoms with E-state index in [1.54, 1.807) is 7.11 Å². The zero-order valence-electron chi connectivity index (χ0n) is 10.5. The molecule has 98 valence electrons. The van der Waals surface area contributed by atoms with E-state index in [9.17, 15) is 4.79 Å². The fraction of sp³-hybridized carbons (Fsp3) is 0.133. The van der Waals surface area contributed by atoms with E-state index in [1.165, 1.54) is 0 Å². The maximum absolute atomic E-state index is 11.9. The van der Waals surface area contributed by atoms with E-state index in [0.717, 1.165) is 21.5 Å². The molecule has 0 radical (unpaired) electrons. The molecule has 2 aromatic rings. The van der Waals surface area contributed by atoms with Gasteiger partial charge in [0, 0.05) is 10.2 Å². The van der Waals surface area contributed by atoms with Crippen molar-refractivity contribution in [2.24, 2.45) is 0 Å². The van der Waals surface area contributed by atoms with Gasteiger partial charge >= 0.3 is 0 Å². The Morgan fingerprint density at radius 1 is 1.21 bits per heavy atom. The summed E-state index contributed by atoms with van der Waals surface area (Å²) in [6.45, 7) is 0. The molecule has 0 atom stereocenters. The Labute approximate surface area is 120 Å². The van der Waals surface area contributed by atoms with Crippen molar-refractivity contribution < 1.29 is 9.53 Å². The molecule has 0 unspecified atom stereocenters. The van der Waals surface area contributed by atoms with Crippen LogP contribution in [0, 0.1) is 0 Å². The van der Waals surface area contributed by atoms with E-state index < -0.39 is 0 Å². The predicted octanol–water partition coefficient (Wildman–Crippen LogP) is 3.64. The first-order chi connectivity index (χ1) is 9.17. The number of halogens is 1. The third-order valence-electron chi connectivity index (χ3n) is 2.63. The quantitative estimate of drug-likeness (QED) is 0.934. The summed E-state index contributed by atoms with van der Waals surface area (Å²) in [4.78, 5) is 11.9. The van der Waals surface area contributed by atoms with Crippen LogP contribution in [0.25, 0.3) is 0 Å². The summed E-state index contributed by atoms with van der Waals surface area (Å²) in [6.07, 6.45) is 0.353. The van der Waals surface area contributed by atoms with Crippen molar-refractivity contribution in [1.82, 2.24) is 0 Å². The number of rotatable bonds is 4. The van der Waals surface area contributed by atoms with Gasteiger partial charge in [-0.1, -0.05) is 28.1 Å². The number of amides is 1. The zero-order chi connectivity index (χ0) is 13.7. The lowest BCUT2D eigenvalue weighted by Crippen LogP contribution is -2.14. The second-order valence-corrected chi connectivity index (χ2v) is 5.00. The molecule has 4 heteroatoms. The minimum atomic E-state index is -0.0386. The summed E-state index contributed by atoms with van der Waals surface area (Å²) in [5.74, 6) is 0.730. The first-order valence-electron chi connectivity index (χ1n) is 5.86. The molecule has 0 aliphatic rings. The maximum atomic E-state index is 11.9. The number of hydrogen-bond acceptors (Lipinski definition) is 2. The number of hydrogen-bond donors (Lipinski definition) is 1. The molecule has 0 heterocycles. The van der Waals surface area contributed by atoms with Gasteiger partial charge in [0.25, 0.3) is 0 Å². The Morgan fingerprint density at radius 2 is 1.95 bits per heavy atom. The van der Waals surface area contributed by atoms with Gasteiger partial charge in [0.1, 0.15) is 5.75 Å². The van der Waals surface area contributed by atoms with Crippen LogP contribution in [0.3, 0.4) is 0 Å². The molecule has 19 heavy (non-hydrogen) atoms. The van der Waals surface area contributed by atoms with Gasteiger partial charge in [-0.05, 0) is 42.0 Å². The molecule has 0 fully saturated rings. The van der Waals surface area contributed by atoms with Crippen molar-refractivity contribution in [3.63, 3.8) is 0 Å². The van der Waals surface area contributed by atoms with E-state index >= 15 is 0 Å². The Morgan fingerprint density at radius 3 is 2.58 bits per heavy atom. The summed E-state index contributed by atoms with van der Waals surface area (Å²) in [7, 11) is 1.61. The van der Waals surface area contributed by atoms with Gasteiger partial charge in [0.2, 0.25) is 5.91 Å². The summed E-state index contributed by atoms with van der Waals surface area (Å²) < 4.78 is 6.04. The third-order valence-corrected chi connectivity index (χ3v) is 3.12. The standard InChI is InChI=1S/C15H14BrNO2/c1-19-14-7-5-13(6-8-14)17-15(18)10-11-3-2-4-12(16)9-11/h2-9H,10H2,1H3,(H,17,18). The monoisotopic (exact) mass is 319 g/mol. The van der Waals surface area contributed by atoms with Crippen molar-refractivity contribution in [1.29, 1.82) is 0 Å². The zero-order valence-corrected chi connectivity index (χ0v) is 12.1. The molecule has 0 aliphatic carbocycles. The predicted molar refractivity (Wildman–Crippen MR) is 79.5 cm³/mol.